The van der Waals surface area contributed by atoms with Crippen LogP contribution in [-0.4, -0.2) is 31.3 Å². The van der Waals surface area contributed by atoms with Crippen LogP contribution in [0.4, 0.5) is 19.3 Å². The Hall–Kier alpha value is -2.71. The van der Waals surface area contributed by atoms with E-state index in [0.29, 0.717) is 43.7 Å². The molecule has 0 radical (unpaired) electrons. The van der Waals surface area contributed by atoms with E-state index in [1.807, 2.05) is 0 Å². The minimum Gasteiger partial charge on any atom is -0.444 e. The van der Waals surface area contributed by atoms with E-state index in [4.69, 9.17) is 21.1 Å². The Bertz CT molecular complexity index is 995. The number of alkyl carbamates (subject to hydrolysis) is 1. The SMILES string of the molecule is O=C(N[C@H]1CCc2c(C(=O)Nc3ccc(F)c(Cl)c3)ccc(F)c21)OC1CCOC1. The van der Waals surface area contributed by atoms with Gasteiger partial charge in [-0.05, 0) is 48.7 Å². The fourth-order valence-corrected chi connectivity index (χ4v) is 3.96. The number of amides is 2. The molecule has 0 saturated carbocycles. The van der Waals surface area contributed by atoms with Gasteiger partial charge in [-0.1, -0.05) is 11.6 Å². The molecule has 1 aliphatic heterocycles. The van der Waals surface area contributed by atoms with Gasteiger partial charge in [0.15, 0.2) is 0 Å². The monoisotopic (exact) mass is 436 g/mol. The lowest BCUT2D eigenvalue weighted by atomic mass is 10.0. The Kier molecular flexibility index (Phi) is 5.87. The van der Waals surface area contributed by atoms with Gasteiger partial charge in [0.05, 0.1) is 24.3 Å². The van der Waals surface area contributed by atoms with E-state index >= 15 is 0 Å². The van der Waals surface area contributed by atoms with E-state index < -0.39 is 29.7 Å². The summed E-state index contributed by atoms with van der Waals surface area (Å²) >= 11 is 5.75. The molecule has 30 heavy (non-hydrogen) atoms. The molecule has 2 amide bonds. The van der Waals surface area contributed by atoms with Crippen molar-refractivity contribution in [2.24, 2.45) is 0 Å². The highest BCUT2D eigenvalue weighted by molar-refractivity contribution is 6.31. The molecule has 1 aliphatic carbocycles. The Balaban J connectivity index is 1.50. The van der Waals surface area contributed by atoms with Gasteiger partial charge in [-0.2, -0.15) is 0 Å². The minimum absolute atomic E-state index is 0.118. The van der Waals surface area contributed by atoms with Crippen LogP contribution in [0.1, 0.15) is 40.4 Å². The largest absolute Gasteiger partial charge is 0.444 e. The fourth-order valence-electron chi connectivity index (χ4n) is 3.78. The number of nitrogens with one attached hydrogen (secondary N) is 2. The van der Waals surface area contributed by atoms with E-state index in [1.165, 1.54) is 24.3 Å². The third kappa shape index (κ3) is 4.24. The normalized spacial score (nSPS) is 20.0. The summed E-state index contributed by atoms with van der Waals surface area (Å²) in [6.07, 6.45) is 0.530. The van der Waals surface area contributed by atoms with E-state index in [-0.39, 0.29) is 22.3 Å². The molecular weight excluding hydrogens is 418 g/mol. The molecule has 1 heterocycles. The van der Waals surface area contributed by atoms with Crippen LogP contribution in [0.5, 0.6) is 0 Å². The highest BCUT2D eigenvalue weighted by Gasteiger charge is 2.32. The Labute approximate surface area is 176 Å². The van der Waals surface area contributed by atoms with Crippen molar-refractivity contribution in [2.75, 3.05) is 18.5 Å². The summed E-state index contributed by atoms with van der Waals surface area (Å²) in [5.41, 5.74) is 1.41. The van der Waals surface area contributed by atoms with Crippen LogP contribution in [0.3, 0.4) is 0 Å². The zero-order valence-electron chi connectivity index (χ0n) is 15.8. The van der Waals surface area contributed by atoms with Crippen molar-refractivity contribution < 1.29 is 27.8 Å². The average molecular weight is 437 g/mol. The van der Waals surface area contributed by atoms with Crippen LogP contribution in [0.25, 0.3) is 0 Å². The number of fused-ring (bicyclic) bond motifs is 1. The Morgan fingerprint density at radius 2 is 1.93 bits per heavy atom. The summed E-state index contributed by atoms with van der Waals surface area (Å²) < 4.78 is 38.3. The molecular formula is C21H19ClF2N2O4. The van der Waals surface area contributed by atoms with Crippen LogP contribution in [0.2, 0.25) is 5.02 Å². The maximum atomic E-state index is 14.6. The smallest absolute Gasteiger partial charge is 0.407 e. The summed E-state index contributed by atoms with van der Waals surface area (Å²) in [5.74, 6) is -1.57. The lowest BCUT2D eigenvalue weighted by Gasteiger charge is -2.17. The van der Waals surface area contributed by atoms with E-state index in [1.54, 1.807) is 0 Å². The summed E-state index contributed by atoms with van der Waals surface area (Å²) in [7, 11) is 0. The molecule has 0 bridgehead atoms. The quantitative estimate of drug-likeness (QED) is 0.746. The number of rotatable bonds is 4. The molecule has 9 heteroatoms. The molecule has 0 spiro atoms. The number of benzene rings is 2. The van der Waals surface area contributed by atoms with E-state index in [2.05, 4.69) is 10.6 Å². The van der Waals surface area contributed by atoms with Gasteiger partial charge in [-0.3, -0.25) is 4.79 Å². The summed E-state index contributed by atoms with van der Waals surface area (Å²) in [6, 6.07) is 5.82. The first-order chi connectivity index (χ1) is 14.4. The van der Waals surface area contributed by atoms with Crippen molar-refractivity contribution in [1.82, 2.24) is 5.32 Å². The lowest BCUT2D eigenvalue weighted by Crippen LogP contribution is -2.32. The molecule has 1 unspecified atom stereocenters. The van der Waals surface area contributed by atoms with Gasteiger partial charge in [-0.15, -0.1) is 0 Å². The zero-order chi connectivity index (χ0) is 21.3. The van der Waals surface area contributed by atoms with E-state index in [0.717, 1.165) is 6.07 Å². The molecule has 2 aliphatic rings. The van der Waals surface area contributed by atoms with Crippen molar-refractivity contribution in [3.63, 3.8) is 0 Å². The van der Waals surface area contributed by atoms with Crippen molar-refractivity contribution >= 4 is 29.3 Å². The highest BCUT2D eigenvalue weighted by atomic mass is 35.5. The van der Waals surface area contributed by atoms with Crippen LogP contribution in [0.15, 0.2) is 30.3 Å². The van der Waals surface area contributed by atoms with Gasteiger partial charge < -0.3 is 20.1 Å². The Morgan fingerprint density at radius 3 is 2.67 bits per heavy atom. The standard InChI is InChI=1S/C21H19ClF2N2O4/c22-15-9-11(1-4-16(15)23)25-20(27)14-2-5-17(24)19-13(14)3-6-18(19)26-21(28)30-12-7-8-29-10-12/h1-2,4-5,9,12,18H,3,6-8,10H2,(H,25,27)(H,26,28)/t12?,18-/m0/s1. The molecule has 0 aromatic heterocycles. The first-order valence-electron chi connectivity index (χ1n) is 9.55. The number of hydrogen-bond donors (Lipinski definition) is 2. The van der Waals surface area contributed by atoms with Crippen LogP contribution in [-0.2, 0) is 15.9 Å². The molecule has 1 fully saturated rings. The van der Waals surface area contributed by atoms with Gasteiger partial charge in [0.1, 0.15) is 17.7 Å². The van der Waals surface area contributed by atoms with Crippen molar-refractivity contribution in [2.45, 2.75) is 31.4 Å². The second-order valence-electron chi connectivity index (χ2n) is 7.20. The third-order valence-corrected chi connectivity index (χ3v) is 5.50. The van der Waals surface area contributed by atoms with Crippen LogP contribution < -0.4 is 10.6 Å². The van der Waals surface area contributed by atoms with Crippen LogP contribution >= 0.6 is 11.6 Å². The summed E-state index contributed by atoms with van der Waals surface area (Å²) in [4.78, 5) is 24.9. The van der Waals surface area contributed by atoms with Gasteiger partial charge in [-0.25, -0.2) is 13.6 Å². The summed E-state index contributed by atoms with van der Waals surface area (Å²) in [5, 5.41) is 5.21. The fraction of sp³-hybridized carbons (Fsp3) is 0.333. The molecule has 158 valence electrons. The second-order valence-corrected chi connectivity index (χ2v) is 7.60. The van der Waals surface area contributed by atoms with Crippen LogP contribution in [0, 0.1) is 11.6 Å². The molecule has 6 nitrogen and oxygen atoms in total. The number of anilines is 1. The first-order valence-corrected chi connectivity index (χ1v) is 9.92. The molecule has 2 aromatic rings. The van der Waals surface area contributed by atoms with Gasteiger partial charge in [0.25, 0.3) is 5.91 Å². The molecule has 1 saturated heterocycles. The number of ether oxygens (including phenoxy) is 2. The highest BCUT2D eigenvalue weighted by Crippen LogP contribution is 2.36. The molecule has 2 N–H and O–H groups in total. The van der Waals surface area contributed by atoms with Crippen molar-refractivity contribution in [3.05, 3.63) is 63.7 Å². The van der Waals surface area contributed by atoms with Gasteiger partial charge >= 0.3 is 6.09 Å². The molecule has 4 rings (SSSR count). The number of hydrogen-bond acceptors (Lipinski definition) is 4. The molecule has 2 atom stereocenters. The predicted molar refractivity (Wildman–Crippen MR) is 106 cm³/mol. The lowest BCUT2D eigenvalue weighted by molar-refractivity contribution is 0.0807. The third-order valence-electron chi connectivity index (χ3n) is 5.21. The number of carbonyl (C=O) groups is 2. The number of halogens is 3. The zero-order valence-corrected chi connectivity index (χ0v) is 16.6. The second kappa shape index (κ2) is 8.57. The number of carbonyl (C=O) groups excluding carboxylic acids is 2. The van der Waals surface area contributed by atoms with E-state index in [9.17, 15) is 18.4 Å². The minimum atomic E-state index is -0.640. The maximum Gasteiger partial charge on any atom is 0.407 e. The first kappa shape index (κ1) is 20.6. The average Bonchev–Trinajstić information content (AvgIpc) is 3.35. The molecule has 2 aromatic carbocycles. The van der Waals surface area contributed by atoms with Gasteiger partial charge in [0.2, 0.25) is 0 Å². The van der Waals surface area contributed by atoms with Crippen molar-refractivity contribution in [3.8, 4) is 0 Å². The van der Waals surface area contributed by atoms with Gasteiger partial charge in [0, 0.05) is 23.2 Å². The maximum absolute atomic E-state index is 14.6. The topological polar surface area (TPSA) is 76.7 Å². The Morgan fingerprint density at radius 1 is 1.13 bits per heavy atom. The van der Waals surface area contributed by atoms with Crippen molar-refractivity contribution in [1.29, 1.82) is 0 Å². The summed E-state index contributed by atoms with van der Waals surface area (Å²) in [6.45, 7) is 0.886. The predicted octanol–water partition coefficient (Wildman–Crippen LogP) is 4.37.